The van der Waals surface area contributed by atoms with Crippen molar-refractivity contribution in [2.75, 3.05) is 16.4 Å². The van der Waals surface area contributed by atoms with Crippen LogP contribution in [0.2, 0.25) is 0 Å². The van der Waals surface area contributed by atoms with Crippen molar-refractivity contribution >= 4 is 28.9 Å². The molecule has 28 heavy (non-hydrogen) atoms. The average molecular weight is 373 g/mol. The van der Waals surface area contributed by atoms with Crippen LogP contribution in [-0.4, -0.2) is 11.8 Å². The van der Waals surface area contributed by atoms with Crippen LogP contribution in [0, 0.1) is 0 Å². The van der Waals surface area contributed by atoms with Crippen molar-refractivity contribution < 1.29 is 9.59 Å². The van der Waals surface area contributed by atoms with Gasteiger partial charge in [0.2, 0.25) is 11.8 Å². The number of hydrogen-bond donors (Lipinski definition) is 3. The summed E-state index contributed by atoms with van der Waals surface area (Å²) in [5.74, 6) is -0.203. The molecule has 0 aromatic heterocycles. The number of nitrogens with two attached hydrogens (primary N) is 1. The first-order valence-corrected chi connectivity index (χ1v) is 9.17. The predicted octanol–water partition coefficient (Wildman–Crippen LogP) is 4.02. The van der Waals surface area contributed by atoms with Crippen molar-refractivity contribution in [3.63, 3.8) is 0 Å². The second-order valence-electron chi connectivity index (χ2n) is 6.54. The Labute approximate surface area is 164 Å². The van der Waals surface area contributed by atoms with Crippen LogP contribution >= 0.6 is 0 Å². The van der Waals surface area contributed by atoms with Crippen molar-refractivity contribution in [1.29, 1.82) is 0 Å². The largest absolute Gasteiger partial charge is 0.399 e. The maximum atomic E-state index is 12.2. The Bertz CT molecular complexity index is 955. The summed E-state index contributed by atoms with van der Waals surface area (Å²) in [6.45, 7) is 0. The van der Waals surface area contributed by atoms with Gasteiger partial charge in [0.25, 0.3) is 0 Å². The molecule has 3 rings (SSSR count). The van der Waals surface area contributed by atoms with Crippen molar-refractivity contribution in [3.05, 3.63) is 90.0 Å². The highest BCUT2D eigenvalue weighted by molar-refractivity contribution is 5.94. The summed E-state index contributed by atoms with van der Waals surface area (Å²) in [4.78, 5) is 24.4. The molecule has 0 unspecified atom stereocenters. The normalized spacial score (nSPS) is 10.3. The fraction of sp³-hybridized carbons (Fsp3) is 0.130. The molecule has 0 aliphatic carbocycles. The number of aryl methyl sites for hydroxylation is 1. The SMILES string of the molecule is Nc1ccccc1CCC(=O)Nc1cccc(NC(=O)Cc2ccccc2)c1. The number of nitrogen functional groups attached to an aromatic ring is 1. The molecule has 0 saturated heterocycles. The summed E-state index contributed by atoms with van der Waals surface area (Å²) in [6.07, 6.45) is 1.21. The van der Waals surface area contributed by atoms with Gasteiger partial charge in [-0.25, -0.2) is 0 Å². The minimum atomic E-state index is -0.103. The van der Waals surface area contributed by atoms with Crippen LogP contribution in [0.5, 0.6) is 0 Å². The molecule has 0 spiro atoms. The molecule has 3 aromatic carbocycles. The second kappa shape index (κ2) is 9.37. The molecular formula is C23H23N3O2. The molecule has 0 bridgehead atoms. The van der Waals surface area contributed by atoms with E-state index in [-0.39, 0.29) is 11.8 Å². The Morgan fingerprint density at radius 2 is 1.39 bits per heavy atom. The van der Waals surface area contributed by atoms with Gasteiger partial charge in [0, 0.05) is 23.5 Å². The molecule has 0 radical (unpaired) electrons. The molecule has 0 atom stereocenters. The zero-order valence-electron chi connectivity index (χ0n) is 15.5. The molecule has 5 nitrogen and oxygen atoms in total. The quantitative estimate of drug-likeness (QED) is 0.547. The monoisotopic (exact) mass is 373 g/mol. The summed E-state index contributed by atoms with van der Waals surface area (Å²) >= 11 is 0. The summed E-state index contributed by atoms with van der Waals surface area (Å²) in [5.41, 5.74) is 9.80. The highest BCUT2D eigenvalue weighted by Gasteiger charge is 2.07. The van der Waals surface area contributed by atoms with Crippen LogP contribution < -0.4 is 16.4 Å². The van der Waals surface area contributed by atoms with Gasteiger partial charge in [-0.2, -0.15) is 0 Å². The Morgan fingerprint density at radius 3 is 2.11 bits per heavy atom. The van der Waals surface area contributed by atoms with Gasteiger partial charge >= 0.3 is 0 Å². The fourth-order valence-corrected chi connectivity index (χ4v) is 2.89. The summed E-state index contributed by atoms with van der Waals surface area (Å²) in [7, 11) is 0. The molecule has 5 heteroatoms. The Kier molecular flexibility index (Phi) is 6.41. The number of carbonyl (C=O) groups is 2. The predicted molar refractivity (Wildman–Crippen MR) is 113 cm³/mol. The molecule has 0 heterocycles. The number of nitrogens with one attached hydrogen (secondary N) is 2. The van der Waals surface area contributed by atoms with Gasteiger partial charge < -0.3 is 16.4 Å². The van der Waals surface area contributed by atoms with E-state index in [1.54, 1.807) is 24.3 Å². The van der Waals surface area contributed by atoms with Gasteiger partial charge in [-0.3, -0.25) is 9.59 Å². The van der Waals surface area contributed by atoms with Gasteiger partial charge in [0.05, 0.1) is 6.42 Å². The van der Waals surface area contributed by atoms with Crippen LogP contribution in [-0.2, 0) is 22.4 Å². The average Bonchev–Trinajstić information content (AvgIpc) is 2.68. The highest BCUT2D eigenvalue weighted by atomic mass is 16.2. The molecule has 0 aliphatic rings. The lowest BCUT2D eigenvalue weighted by atomic mass is 10.1. The van der Waals surface area contributed by atoms with E-state index in [1.165, 1.54) is 0 Å². The Hall–Kier alpha value is -3.60. The van der Waals surface area contributed by atoms with Crippen molar-refractivity contribution in [1.82, 2.24) is 0 Å². The molecule has 3 aromatic rings. The maximum Gasteiger partial charge on any atom is 0.228 e. The topological polar surface area (TPSA) is 84.2 Å². The third-order valence-electron chi connectivity index (χ3n) is 4.31. The molecule has 142 valence electrons. The fourth-order valence-electron chi connectivity index (χ4n) is 2.89. The van der Waals surface area contributed by atoms with Crippen LogP contribution in [0.1, 0.15) is 17.5 Å². The molecular weight excluding hydrogens is 350 g/mol. The van der Waals surface area contributed by atoms with Crippen molar-refractivity contribution in [2.24, 2.45) is 0 Å². The van der Waals surface area contributed by atoms with Gasteiger partial charge in [0.1, 0.15) is 0 Å². The number of benzene rings is 3. The number of rotatable bonds is 7. The van der Waals surface area contributed by atoms with E-state index in [2.05, 4.69) is 10.6 Å². The number of anilines is 3. The van der Waals surface area contributed by atoms with Crippen molar-refractivity contribution in [3.8, 4) is 0 Å². The van der Waals surface area contributed by atoms with E-state index in [0.29, 0.717) is 36.3 Å². The van der Waals surface area contributed by atoms with E-state index in [0.717, 1.165) is 11.1 Å². The van der Waals surface area contributed by atoms with Gasteiger partial charge in [0.15, 0.2) is 0 Å². The first-order chi connectivity index (χ1) is 13.6. The summed E-state index contributed by atoms with van der Waals surface area (Å²) < 4.78 is 0. The van der Waals surface area contributed by atoms with E-state index in [1.807, 2.05) is 54.6 Å². The zero-order valence-corrected chi connectivity index (χ0v) is 15.5. The van der Waals surface area contributed by atoms with Crippen molar-refractivity contribution in [2.45, 2.75) is 19.3 Å². The van der Waals surface area contributed by atoms with Crippen LogP contribution in [0.15, 0.2) is 78.9 Å². The second-order valence-corrected chi connectivity index (χ2v) is 6.54. The molecule has 0 fully saturated rings. The van der Waals surface area contributed by atoms with E-state index >= 15 is 0 Å². The lowest BCUT2D eigenvalue weighted by molar-refractivity contribution is -0.116. The van der Waals surface area contributed by atoms with E-state index < -0.39 is 0 Å². The lowest BCUT2D eigenvalue weighted by Crippen LogP contribution is -2.15. The van der Waals surface area contributed by atoms with E-state index in [9.17, 15) is 9.59 Å². The first-order valence-electron chi connectivity index (χ1n) is 9.17. The highest BCUT2D eigenvalue weighted by Crippen LogP contribution is 2.17. The first kappa shape index (κ1) is 19.2. The van der Waals surface area contributed by atoms with Gasteiger partial charge in [-0.05, 0) is 41.8 Å². The maximum absolute atomic E-state index is 12.2. The zero-order chi connectivity index (χ0) is 19.8. The van der Waals surface area contributed by atoms with Crippen LogP contribution in [0.3, 0.4) is 0 Å². The smallest absolute Gasteiger partial charge is 0.228 e. The van der Waals surface area contributed by atoms with Gasteiger partial charge in [-0.1, -0.05) is 54.6 Å². The third kappa shape index (κ3) is 5.71. The molecule has 2 amide bonds. The van der Waals surface area contributed by atoms with Crippen LogP contribution in [0.4, 0.5) is 17.1 Å². The lowest BCUT2D eigenvalue weighted by Gasteiger charge is -2.10. The number of hydrogen-bond acceptors (Lipinski definition) is 3. The number of para-hydroxylation sites is 1. The molecule has 4 N–H and O–H groups in total. The Morgan fingerprint density at radius 1 is 0.750 bits per heavy atom. The minimum Gasteiger partial charge on any atom is -0.399 e. The number of amides is 2. The standard InChI is InChI=1S/C23H23N3O2/c24-21-12-5-4-9-18(21)13-14-22(27)25-19-10-6-11-20(16-19)26-23(28)15-17-7-2-1-3-8-17/h1-12,16H,13-15,24H2,(H,25,27)(H,26,28). The van der Waals surface area contributed by atoms with Gasteiger partial charge in [-0.15, -0.1) is 0 Å². The third-order valence-corrected chi connectivity index (χ3v) is 4.31. The Balaban J connectivity index is 1.53. The van der Waals surface area contributed by atoms with E-state index in [4.69, 9.17) is 5.73 Å². The minimum absolute atomic E-state index is 0.101. The summed E-state index contributed by atoms with van der Waals surface area (Å²) in [6, 6.07) is 24.2. The number of carbonyl (C=O) groups excluding carboxylic acids is 2. The summed E-state index contributed by atoms with van der Waals surface area (Å²) in [5, 5.41) is 5.73. The van der Waals surface area contributed by atoms with Crippen LogP contribution in [0.25, 0.3) is 0 Å². The molecule has 0 saturated carbocycles. The molecule has 0 aliphatic heterocycles.